The van der Waals surface area contributed by atoms with E-state index in [1.165, 1.54) is 5.56 Å². The van der Waals surface area contributed by atoms with Crippen molar-refractivity contribution in [2.45, 2.75) is 33.6 Å². The van der Waals surface area contributed by atoms with Crippen molar-refractivity contribution < 1.29 is 0 Å². The van der Waals surface area contributed by atoms with E-state index in [0.717, 1.165) is 256 Å². The van der Waals surface area contributed by atoms with E-state index in [1.54, 1.807) is 0 Å². The largest absolute Gasteiger partial charge is 0.276 e. The van der Waals surface area contributed by atoms with E-state index in [0.29, 0.717) is 28.2 Å². The molecular weight excluding hydrogens is 1690 g/mol. The van der Waals surface area contributed by atoms with Crippen LogP contribution in [-0.2, 0) is 0 Å². The van der Waals surface area contributed by atoms with Crippen LogP contribution in [0, 0.1) is 59.2 Å². The Labute approximate surface area is 772 Å². The molecular formula is C113H66N24. The minimum Gasteiger partial charge on any atom is -0.276 e. The number of nitriles is 4. The first kappa shape index (κ1) is 75.3. The predicted molar refractivity (Wildman–Crippen MR) is 539 cm³/mol. The van der Waals surface area contributed by atoms with Gasteiger partial charge in [0.15, 0.2) is 0 Å². The Bertz CT molecular complexity index is 10600. The normalized spacial score (nSPS) is 12.3. The zero-order chi connectivity index (χ0) is 90.9. The highest BCUT2D eigenvalue weighted by Crippen LogP contribution is 2.46. The van der Waals surface area contributed by atoms with Crippen LogP contribution >= 0.6 is 0 Å². The summed E-state index contributed by atoms with van der Waals surface area (Å²) in [5.74, 6) is 7.18. The summed E-state index contributed by atoms with van der Waals surface area (Å²) in [6.07, 6.45) is 0. The number of fused-ring (bicyclic) bond motifs is 40. The number of aromatic nitrogens is 20. The van der Waals surface area contributed by atoms with Gasteiger partial charge in [-0.25, -0.2) is 57.5 Å². The standard InChI is InChI=1S/C30H20N6.C29H18N6.2C27H14N6/c1-17(2)20-12-11-18(16-31)13-21(20)19-14-26-28-27(15-19)35-25-10-6-4-8-23(25)33-30(35)36(28)29-32-22-7-3-5-9-24(22)34(26)29;1-16-11-18(15-30)12-17(2)26(16)19-13-24-27-25(14-19)34-23-10-6-4-8-21(23)32-29(34)35(27)28-31-20-7-3-5-9-22(20)33(24)28;28-15-16-6-5-7-17(12-16)18-13-23-25-24(14-18)32-22-11-4-2-9-20(22)30-27(32)33(25)26-29-19-8-1-3-10-21(19)31(23)26;28-15-16-9-11-17(12-10-16)18-13-23-25-24(14-18)32-22-8-4-2-6-20(22)30-27(32)33(25)26-29-19-5-1-3-7-21(19)31(23)26/h3-15,17H,1-2H3;3-14H,1-2H3;2*1-14H. The Morgan fingerprint density at radius 2 is 0.460 bits per heavy atom. The van der Waals surface area contributed by atoms with Crippen LogP contribution in [0.2, 0.25) is 0 Å². The average Bonchev–Trinajstić information content (AvgIpc) is 1.53. The van der Waals surface area contributed by atoms with Crippen molar-refractivity contribution in [1.82, 2.24) is 92.7 Å². The van der Waals surface area contributed by atoms with Crippen LogP contribution in [0.4, 0.5) is 0 Å². The minimum absolute atomic E-state index is 0.320. The fourth-order valence-electron chi connectivity index (χ4n) is 22.1. The lowest BCUT2D eigenvalue weighted by Crippen LogP contribution is -1.95. The summed E-state index contributed by atoms with van der Waals surface area (Å²) in [5.41, 5.74) is 44.0. The third-order valence-corrected chi connectivity index (χ3v) is 27.8. The topological polar surface area (TPSA) is 251 Å². The Balaban J connectivity index is 0.0000000884. The maximum absolute atomic E-state index is 9.66. The predicted octanol–water partition coefficient (Wildman–Crippen LogP) is 24.4. The highest BCUT2D eigenvalue weighted by Gasteiger charge is 2.32. The smallest absolute Gasteiger partial charge is 0.223 e. The quantitative estimate of drug-likeness (QED) is 0.156. The summed E-state index contributed by atoms with van der Waals surface area (Å²) >= 11 is 0. The molecule has 0 saturated heterocycles. The molecule has 0 radical (unpaired) electrons. The zero-order valence-electron chi connectivity index (χ0n) is 73.4. The van der Waals surface area contributed by atoms with Crippen molar-refractivity contribution in [3.8, 4) is 68.8 Å². The highest BCUT2D eigenvalue weighted by atomic mass is 15.3. The Hall–Kier alpha value is -19.6. The molecule has 0 spiro atoms. The second kappa shape index (κ2) is 27.5. The Kier molecular flexibility index (Phi) is 15.1. The number of rotatable bonds is 5. The second-order valence-electron chi connectivity index (χ2n) is 35.7. The van der Waals surface area contributed by atoms with E-state index in [4.69, 9.17) is 39.9 Å². The van der Waals surface area contributed by atoms with Gasteiger partial charge in [0, 0.05) is 0 Å². The van der Waals surface area contributed by atoms with Crippen LogP contribution in [0.3, 0.4) is 0 Å². The van der Waals surface area contributed by atoms with Gasteiger partial charge in [-0.3, -0.25) is 35.2 Å². The number of aryl methyl sites for hydroxylation is 2. The molecule has 16 heterocycles. The lowest BCUT2D eigenvalue weighted by atomic mass is 9.91. The monoisotopic (exact) mass is 1760 g/mol. The maximum atomic E-state index is 9.66. The molecule has 0 aliphatic rings. The Morgan fingerprint density at radius 3 is 0.745 bits per heavy atom. The molecule has 638 valence electrons. The maximum Gasteiger partial charge on any atom is 0.223 e. The molecule has 0 N–H and O–H groups in total. The van der Waals surface area contributed by atoms with Gasteiger partial charge in [-0.15, -0.1) is 0 Å². The molecule has 16 aromatic carbocycles. The molecule has 0 unspecified atom stereocenters. The fourth-order valence-corrected chi connectivity index (χ4v) is 22.1. The minimum atomic E-state index is 0.320. The molecule has 0 aliphatic heterocycles. The van der Waals surface area contributed by atoms with Crippen molar-refractivity contribution >= 4 is 201 Å². The van der Waals surface area contributed by atoms with Gasteiger partial charge in [-0.1, -0.05) is 141 Å². The van der Waals surface area contributed by atoms with E-state index < -0.39 is 0 Å². The molecule has 24 nitrogen and oxygen atoms in total. The van der Waals surface area contributed by atoms with Crippen molar-refractivity contribution in [2.75, 3.05) is 0 Å². The van der Waals surface area contributed by atoms with Gasteiger partial charge in [0.1, 0.15) is 22.1 Å². The van der Waals surface area contributed by atoms with E-state index in [-0.39, 0.29) is 0 Å². The van der Waals surface area contributed by atoms with Gasteiger partial charge >= 0.3 is 0 Å². The average molecular weight is 1760 g/mol. The molecule has 32 rings (SSSR count). The van der Waals surface area contributed by atoms with E-state index in [9.17, 15) is 21.0 Å². The van der Waals surface area contributed by atoms with Crippen LogP contribution in [0.1, 0.15) is 58.7 Å². The summed E-state index contributed by atoms with van der Waals surface area (Å²) < 4.78 is 26.6. The zero-order valence-corrected chi connectivity index (χ0v) is 73.4. The van der Waals surface area contributed by atoms with Gasteiger partial charge in [-0.05, 0) is 275 Å². The number of para-hydroxylation sites is 16. The third-order valence-electron chi connectivity index (χ3n) is 27.8. The van der Waals surface area contributed by atoms with Gasteiger partial charge in [0.05, 0.1) is 179 Å². The molecule has 0 bridgehead atoms. The first-order valence-electron chi connectivity index (χ1n) is 45.2. The molecule has 0 aliphatic carbocycles. The van der Waals surface area contributed by atoms with Crippen LogP contribution in [0.15, 0.2) is 322 Å². The SMILES string of the molecule is CC(C)c1ccc(C#N)cc1-c1cc2c3c(c1)n1c4ccccc4nc1n3c1nc3ccccc3n21.Cc1cc(C#N)cc(C)c1-c1cc2c3c(c1)n1c4ccccc4nc1n3c1nc3ccccc3n21.N#Cc1ccc(-c2cc3c4c(c2)n2c5ccccc5nc2n4c2nc4ccccc4n32)cc1.N#Cc1cccc(-c2cc3c4c(c2)n2c5ccccc5nc2n4c2nc4ccccc4n32)c1. The Morgan fingerprint density at radius 1 is 0.204 bits per heavy atom. The van der Waals surface area contributed by atoms with Crippen molar-refractivity contribution in [2.24, 2.45) is 0 Å². The molecule has 24 heteroatoms. The van der Waals surface area contributed by atoms with Crippen LogP contribution in [0.25, 0.3) is 245 Å². The van der Waals surface area contributed by atoms with Crippen molar-refractivity contribution in [3.05, 3.63) is 360 Å². The van der Waals surface area contributed by atoms with Crippen molar-refractivity contribution in [1.29, 1.82) is 21.0 Å². The van der Waals surface area contributed by atoms with Crippen LogP contribution in [-0.4, -0.2) is 92.7 Å². The highest BCUT2D eigenvalue weighted by molar-refractivity contribution is 6.12. The van der Waals surface area contributed by atoms with E-state index in [1.807, 2.05) is 164 Å². The summed E-state index contributed by atoms with van der Waals surface area (Å²) in [4.78, 5) is 40.1. The molecule has 137 heavy (non-hydrogen) atoms. The summed E-state index contributed by atoms with van der Waals surface area (Å²) in [7, 11) is 0. The number of hydrogen-bond donors (Lipinski definition) is 0. The first-order valence-corrected chi connectivity index (χ1v) is 45.2. The first-order chi connectivity index (χ1) is 67.4. The summed E-state index contributed by atoms with van der Waals surface area (Å²) in [6, 6.07) is 118. The van der Waals surface area contributed by atoms with Crippen LogP contribution in [0.5, 0.6) is 0 Å². The van der Waals surface area contributed by atoms with Gasteiger partial charge < -0.3 is 0 Å². The molecule has 32 aromatic rings. The summed E-state index contributed by atoms with van der Waals surface area (Å²) in [6.45, 7) is 8.56. The van der Waals surface area contributed by atoms with Gasteiger partial charge in [0.2, 0.25) is 46.2 Å². The van der Waals surface area contributed by atoms with E-state index in [2.05, 4.69) is 263 Å². The molecule has 0 amide bonds. The van der Waals surface area contributed by atoms with Gasteiger partial charge in [0.25, 0.3) is 0 Å². The number of imidazole rings is 16. The third kappa shape index (κ3) is 10.3. The lowest BCUT2D eigenvalue weighted by molar-refractivity contribution is 0.869. The summed E-state index contributed by atoms with van der Waals surface area (Å²) in [5, 5.41) is 37.8. The second-order valence-corrected chi connectivity index (χ2v) is 35.7. The fraction of sp³-hybridized carbons (Fsp3) is 0.0442. The molecule has 16 aromatic heterocycles. The lowest BCUT2D eigenvalue weighted by Gasteiger charge is -2.14. The molecule has 0 saturated carbocycles. The number of hydrogen-bond acceptors (Lipinski definition) is 12. The van der Waals surface area contributed by atoms with Gasteiger partial charge in [-0.2, -0.15) is 21.0 Å². The number of benzene rings is 16. The number of nitrogens with zero attached hydrogens (tertiary/aromatic N) is 24. The van der Waals surface area contributed by atoms with Crippen LogP contribution < -0.4 is 0 Å². The molecule has 0 atom stereocenters. The molecule has 0 fully saturated rings. The van der Waals surface area contributed by atoms with E-state index >= 15 is 0 Å². The van der Waals surface area contributed by atoms with Crippen molar-refractivity contribution in [3.63, 3.8) is 0 Å².